The maximum absolute atomic E-state index is 12.1. The van der Waals surface area contributed by atoms with Crippen LogP contribution in [-0.2, 0) is 0 Å². The van der Waals surface area contributed by atoms with Crippen LogP contribution in [-0.4, -0.2) is 31.0 Å². The van der Waals surface area contributed by atoms with Gasteiger partial charge in [-0.3, -0.25) is 4.79 Å². The van der Waals surface area contributed by atoms with Gasteiger partial charge in [0.05, 0.1) is 28.9 Å². The van der Waals surface area contributed by atoms with E-state index in [2.05, 4.69) is 15.9 Å². The van der Waals surface area contributed by atoms with Gasteiger partial charge in [-0.25, -0.2) is 0 Å². The van der Waals surface area contributed by atoms with Gasteiger partial charge < -0.3 is 14.1 Å². The van der Waals surface area contributed by atoms with Crippen molar-refractivity contribution in [2.75, 3.05) is 20.2 Å². The maximum atomic E-state index is 12.1. The number of furan rings is 1. The lowest BCUT2D eigenvalue weighted by atomic mass is 10.2. The molecule has 0 radical (unpaired) electrons. The lowest BCUT2D eigenvalue weighted by molar-refractivity contribution is 0.0741. The van der Waals surface area contributed by atoms with E-state index >= 15 is 0 Å². The van der Waals surface area contributed by atoms with Crippen molar-refractivity contribution in [3.05, 3.63) is 52.4 Å². The number of nitrogens with zero attached hydrogens (tertiary/aromatic N) is 2. The maximum Gasteiger partial charge on any atom is 0.290 e. The number of ether oxygens (including phenoxy) is 1. The number of nitriles is 1. The molecule has 0 aliphatic heterocycles. The van der Waals surface area contributed by atoms with Crippen LogP contribution in [0.25, 0.3) is 0 Å². The zero-order chi connectivity index (χ0) is 15.2. The quantitative estimate of drug-likeness (QED) is 0.832. The standard InChI is InChI=1S/C15H13BrN2O3/c1-18(15(19)14-13(16)5-7-21-14)6-8-20-12-4-2-3-11(9-12)10-17/h2-5,7,9H,6,8H2,1H3. The van der Waals surface area contributed by atoms with Crippen LogP contribution in [0.3, 0.4) is 0 Å². The average molecular weight is 349 g/mol. The van der Waals surface area contributed by atoms with Crippen LogP contribution in [0.15, 0.2) is 45.5 Å². The number of carbonyl (C=O) groups excluding carboxylic acids is 1. The minimum absolute atomic E-state index is 0.221. The van der Waals surface area contributed by atoms with Crippen LogP contribution < -0.4 is 4.74 Å². The number of amides is 1. The monoisotopic (exact) mass is 348 g/mol. The molecule has 2 aromatic rings. The molecule has 0 spiro atoms. The van der Waals surface area contributed by atoms with Gasteiger partial charge in [0.15, 0.2) is 0 Å². The van der Waals surface area contributed by atoms with E-state index in [1.54, 1.807) is 37.4 Å². The van der Waals surface area contributed by atoms with E-state index in [9.17, 15) is 4.79 Å². The van der Waals surface area contributed by atoms with Gasteiger partial charge in [0.2, 0.25) is 5.76 Å². The number of carbonyl (C=O) groups is 1. The van der Waals surface area contributed by atoms with E-state index in [1.807, 2.05) is 6.07 Å². The Hall–Kier alpha value is -2.26. The van der Waals surface area contributed by atoms with Crippen LogP contribution in [0, 0.1) is 11.3 Å². The summed E-state index contributed by atoms with van der Waals surface area (Å²) in [4.78, 5) is 13.6. The highest BCUT2D eigenvalue weighted by Crippen LogP contribution is 2.19. The molecule has 0 N–H and O–H groups in total. The van der Waals surface area contributed by atoms with Crippen LogP contribution in [0.1, 0.15) is 16.1 Å². The fraction of sp³-hybridized carbons (Fsp3) is 0.200. The van der Waals surface area contributed by atoms with Crippen molar-refractivity contribution in [2.24, 2.45) is 0 Å². The summed E-state index contributed by atoms with van der Waals surface area (Å²) in [6.45, 7) is 0.734. The van der Waals surface area contributed by atoms with Gasteiger partial charge in [0.25, 0.3) is 5.91 Å². The molecule has 0 aliphatic rings. The number of likely N-dealkylation sites (N-methyl/N-ethyl adjacent to an activating group) is 1. The molecule has 6 heteroatoms. The number of hydrogen-bond donors (Lipinski definition) is 0. The van der Waals surface area contributed by atoms with E-state index in [4.69, 9.17) is 14.4 Å². The zero-order valence-corrected chi connectivity index (χ0v) is 13.0. The smallest absolute Gasteiger partial charge is 0.290 e. The van der Waals surface area contributed by atoms with Crippen molar-refractivity contribution >= 4 is 21.8 Å². The average Bonchev–Trinajstić information content (AvgIpc) is 2.92. The molecule has 0 fully saturated rings. The molecule has 0 saturated heterocycles. The van der Waals surface area contributed by atoms with Crippen molar-refractivity contribution in [3.8, 4) is 11.8 Å². The molecule has 2 rings (SSSR count). The largest absolute Gasteiger partial charge is 0.492 e. The summed E-state index contributed by atoms with van der Waals surface area (Å²) in [6, 6.07) is 10.6. The highest BCUT2D eigenvalue weighted by atomic mass is 79.9. The van der Waals surface area contributed by atoms with E-state index in [1.165, 1.54) is 11.2 Å². The molecule has 108 valence electrons. The predicted molar refractivity (Wildman–Crippen MR) is 80.0 cm³/mol. The Morgan fingerprint density at radius 3 is 2.95 bits per heavy atom. The van der Waals surface area contributed by atoms with Crippen LogP contribution >= 0.6 is 15.9 Å². The third-order valence-corrected chi connectivity index (χ3v) is 3.44. The first-order valence-corrected chi connectivity index (χ1v) is 7.02. The van der Waals surface area contributed by atoms with Gasteiger partial charge in [-0.2, -0.15) is 5.26 Å². The summed E-state index contributed by atoms with van der Waals surface area (Å²) in [5, 5.41) is 8.81. The zero-order valence-electron chi connectivity index (χ0n) is 11.4. The first-order valence-electron chi connectivity index (χ1n) is 6.23. The molecule has 5 nitrogen and oxygen atoms in total. The summed E-state index contributed by atoms with van der Waals surface area (Å²) in [5.41, 5.74) is 0.538. The first kappa shape index (κ1) is 15.1. The van der Waals surface area contributed by atoms with Gasteiger partial charge >= 0.3 is 0 Å². The van der Waals surface area contributed by atoms with Crippen molar-refractivity contribution in [3.63, 3.8) is 0 Å². The number of rotatable bonds is 5. The molecule has 0 bridgehead atoms. The summed E-state index contributed by atoms with van der Waals surface area (Å²) in [6.07, 6.45) is 1.45. The van der Waals surface area contributed by atoms with Crippen molar-refractivity contribution in [1.29, 1.82) is 5.26 Å². The topological polar surface area (TPSA) is 66.5 Å². The SMILES string of the molecule is CN(CCOc1cccc(C#N)c1)C(=O)c1occc1Br. The number of hydrogen-bond acceptors (Lipinski definition) is 4. The second kappa shape index (κ2) is 6.95. The van der Waals surface area contributed by atoms with E-state index in [0.717, 1.165) is 0 Å². The summed E-state index contributed by atoms with van der Waals surface area (Å²) in [5.74, 6) is 0.652. The molecule has 0 unspecified atom stereocenters. The highest BCUT2D eigenvalue weighted by molar-refractivity contribution is 9.10. The molecule has 1 heterocycles. The molecule has 0 saturated carbocycles. The van der Waals surface area contributed by atoms with Gasteiger partial charge in [-0.05, 0) is 40.2 Å². The summed E-state index contributed by atoms with van der Waals surface area (Å²) >= 11 is 3.25. The third-order valence-electron chi connectivity index (χ3n) is 2.82. The molecule has 1 aromatic carbocycles. The minimum atomic E-state index is -0.221. The van der Waals surface area contributed by atoms with Crippen LogP contribution in [0.2, 0.25) is 0 Å². The summed E-state index contributed by atoms with van der Waals surface area (Å²) < 4.78 is 11.3. The van der Waals surface area contributed by atoms with Gasteiger partial charge in [0.1, 0.15) is 12.4 Å². The Morgan fingerprint density at radius 1 is 1.48 bits per heavy atom. The lowest BCUT2D eigenvalue weighted by Gasteiger charge is -2.16. The van der Waals surface area contributed by atoms with E-state index < -0.39 is 0 Å². The molecule has 21 heavy (non-hydrogen) atoms. The van der Waals surface area contributed by atoms with Crippen molar-refractivity contribution in [1.82, 2.24) is 4.90 Å². The predicted octanol–water partition coefficient (Wildman–Crippen LogP) is 3.06. The summed E-state index contributed by atoms with van der Waals surface area (Å²) in [7, 11) is 1.67. The molecule has 0 atom stereocenters. The minimum Gasteiger partial charge on any atom is -0.492 e. The second-order valence-corrected chi connectivity index (χ2v) is 5.17. The number of benzene rings is 1. The molecule has 1 aromatic heterocycles. The Balaban J connectivity index is 1.87. The molecular formula is C15H13BrN2O3. The van der Waals surface area contributed by atoms with Gasteiger partial charge in [-0.1, -0.05) is 6.07 Å². The van der Waals surface area contributed by atoms with Crippen molar-refractivity contribution < 1.29 is 13.9 Å². The third kappa shape index (κ3) is 3.86. The van der Waals surface area contributed by atoms with E-state index in [0.29, 0.717) is 28.9 Å². The Morgan fingerprint density at radius 2 is 2.29 bits per heavy atom. The van der Waals surface area contributed by atoms with Gasteiger partial charge in [-0.15, -0.1) is 0 Å². The van der Waals surface area contributed by atoms with E-state index in [-0.39, 0.29) is 11.7 Å². The normalized spacial score (nSPS) is 9.95. The second-order valence-electron chi connectivity index (χ2n) is 4.31. The van der Waals surface area contributed by atoms with Crippen molar-refractivity contribution in [2.45, 2.75) is 0 Å². The Kier molecular flexibility index (Phi) is 5.01. The fourth-order valence-corrected chi connectivity index (χ4v) is 2.05. The molecule has 0 aliphatic carbocycles. The van der Waals surface area contributed by atoms with Crippen LogP contribution in [0.4, 0.5) is 0 Å². The Labute approximate surface area is 130 Å². The highest BCUT2D eigenvalue weighted by Gasteiger charge is 2.18. The van der Waals surface area contributed by atoms with Gasteiger partial charge in [0, 0.05) is 7.05 Å². The van der Waals surface area contributed by atoms with Crippen LogP contribution in [0.5, 0.6) is 5.75 Å². The molecular weight excluding hydrogens is 336 g/mol. The molecule has 1 amide bonds. The first-order chi connectivity index (χ1) is 10.1. The number of halogens is 1. The lowest BCUT2D eigenvalue weighted by Crippen LogP contribution is -2.30. The fourth-order valence-electron chi connectivity index (χ4n) is 1.68. The Bertz CT molecular complexity index is 676.